The zero-order valence-electron chi connectivity index (χ0n) is 18.4. The molecule has 0 saturated carbocycles. The Bertz CT molecular complexity index is 688. The molecule has 1 N–H and O–H groups in total. The largest absolute Gasteiger partial charge is 0.383 e. The molecule has 0 atom stereocenters. The van der Waals surface area contributed by atoms with Crippen molar-refractivity contribution in [1.29, 1.82) is 0 Å². The maximum atomic E-state index is 12.7. The maximum Gasteiger partial charge on any atom is 0.246 e. The first-order valence-electron chi connectivity index (χ1n) is 10.6. The van der Waals surface area contributed by atoms with E-state index in [1.165, 1.54) is 12.8 Å². The standard InChI is InChI=1S/C20H35N7O2.HI/c1-4-21-20(22-13-17-5-7-25(8-6-17)11-12-29-3)26-9-10-27(19(28)16-26)18-14-23-24(2)15-18;/h14-15,17H,4-13,16H2,1-3H3,(H,21,22);1H. The number of nitrogens with one attached hydrogen (secondary N) is 1. The molecule has 30 heavy (non-hydrogen) atoms. The fourth-order valence-corrected chi connectivity index (χ4v) is 3.93. The molecule has 1 aromatic rings. The monoisotopic (exact) mass is 533 g/mol. The van der Waals surface area contributed by atoms with E-state index in [4.69, 9.17) is 9.73 Å². The average Bonchev–Trinajstić information content (AvgIpc) is 3.16. The highest BCUT2D eigenvalue weighted by Gasteiger charge is 2.28. The van der Waals surface area contributed by atoms with Crippen LogP contribution in [-0.2, 0) is 16.6 Å². The van der Waals surface area contributed by atoms with Crippen molar-refractivity contribution < 1.29 is 9.53 Å². The second-order valence-corrected chi connectivity index (χ2v) is 7.81. The van der Waals surface area contributed by atoms with Crippen LogP contribution in [0.4, 0.5) is 5.69 Å². The summed E-state index contributed by atoms with van der Waals surface area (Å²) in [4.78, 5) is 23.9. The number of piperazine rings is 1. The molecule has 170 valence electrons. The number of anilines is 1. The molecule has 0 aromatic carbocycles. The number of aliphatic imine (C=N–C) groups is 1. The number of hydrogen-bond acceptors (Lipinski definition) is 5. The van der Waals surface area contributed by atoms with Gasteiger partial charge in [-0.05, 0) is 38.8 Å². The topological polar surface area (TPSA) is 78.2 Å². The normalized spacial score (nSPS) is 19.2. The summed E-state index contributed by atoms with van der Waals surface area (Å²) in [6.07, 6.45) is 5.96. The first kappa shape index (κ1) is 24.9. The number of aryl methyl sites for hydroxylation is 1. The van der Waals surface area contributed by atoms with Gasteiger partial charge in [-0.1, -0.05) is 0 Å². The van der Waals surface area contributed by atoms with Crippen LogP contribution in [0, 0.1) is 5.92 Å². The lowest BCUT2D eigenvalue weighted by atomic mass is 9.97. The number of likely N-dealkylation sites (tertiary alicyclic amines) is 1. The van der Waals surface area contributed by atoms with Crippen molar-refractivity contribution >= 4 is 41.5 Å². The van der Waals surface area contributed by atoms with Crippen LogP contribution in [0.3, 0.4) is 0 Å². The summed E-state index contributed by atoms with van der Waals surface area (Å²) in [6.45, 7) is 9.47. The SMILES string of the molecule is CCNC(=NCC1CCN(CCOC)CC1)N1CCN(c2cnn(C)c2)C(=O)C1.I. The zero-order valence-corrected chi connectivity index (χ0v) is 20.7. The van der Waals surface area contributed by atoms with Crippen LogP contribution in [0.5, 0.6) is 0 Å². The Kier molecular flexibility index (Phi) is 10.3. The minimum absolute atomic E-state index is 0. The first-order chi connectivity index (χ1) is 14.1. The van der Waals surface area contributed by atoms with E-state index >= 15 is 0 Å². The Labute approximate surface area is 196 Å². The molecule has 0 spiro atoms. The molecule has 0 aliphatic carbocycles. The third kappa shape index (κ3) is 6.81. The average molecular weight is 533 g/mol. The van der Waals surface area contributed by atoms with Crippen molar-refractivity contribution in [3.05, 3.63) is 12.4 Å². The lowest BCUT2D eigenvalue weighted by Gasteiger charge is -2.36. The molecular weight excluding hydrogens is 497 g/mol. The Balaban J connectivity index is 0.00000320. The minimum atomic E-state index is 0. The van der Waals surface area contributed by atoms with Crippen molar-refractivity contribution in [2.75, 3.05) is 71.0 Å². The number of amides is 1. The van der Waals surface area contributed by atoms with E-state index in [-0.39, 0.29) is 29.9 Å². The van der Waals surface area contributed by atoms with Crippen LogP contribution in [0.25, 0.3) is 0 Å². The molecule has 1 aromatic heterocycles. The molecule has 1 amide bonds. The molecule has 0 radical (unpaired) electrons. The number of ether oxygens (including phenoxy) is 1. The van der Waals surface area contributed by atoms with Gasteiger partial charge in [-0.3, -0.25) is 14.5 Å². The number of piperidine rings is 1. The predicted octanol–water partition coefficient (Wildman–Crippen LogP) is 1.01. The summed E-state index contributed by atoms with van der Waals surface area (Å²) in [5.74, 6) is 1.55. The van der Waals surface area contributed by atoms with Gasteiger partial charge in [0, 0.05) is 53.1 Å². The summed E-state index contributed by atoms with van der Waals surface area (Å²) in [5, 5.41) is 7.55. The smallest absolute Gasteiger partial charge is 0.246 e. The van der Waals surface area contributed by atoms with E-state index in [2.05, 4.69) is 27.1 Å². The molecule has 3 heterocycles. The van der Waals surface area contributed by atoms with Crippen LogP contribution in [0.15, 0.2) is 17.4 Å². The number of rotatable bonds is 7. The summed E-state index contributed by atoms with van der Waals surface area (Å²) in [5.41, 5.74) is 0.860. The molecule has 3 rings (SSSR count). The van der Waals surface area contributed by atoms with Gasteiger partial charge in [0.1, 0.15) is 6.54 Å². The van der Waals surface area contributed by atoms with Gasteiger partial charge >= 0.3 is 0 Å². The highest BCUT2D eigenvalue weighted by Crippen LogP contribution is 2.18. The van der Waals surface area contributed by atoms with E-state index in [0.717, 1.165) is 57.5 Å². The maximum absolute atomic E-state index is 12.7. The number of nitrogens with zero attached hydrogens (tertiary/aromatic N) is 6. The van der Waals surface area contributed by atoms with Crippen LogP contribution in [-0.4, -0.2) is 97.5 Å². The summed E-state index contributed by atoms with van der Waals surface area (Å²) < 4.78 is 6.90. The van der Waals surface area contributed by atoms with Crippen LogP contribution in [0.1, 0.15) is 19.8 Å². The Morgan fingerprint density at radius 3 is 2.67 bits per heavy atom. The van der Waals surface area contributed by atoms with Gasteiger partial charge in [-0.15, -0.1) is 24.0 Å². The highest BCUT2D eigenvalue weighted by molar-refractivity contribution is 14.0. The number of halogens is 1. The number of carbonyl (C=O) groups is 1. The zero-order chi connectivity index (χ0) is 20.6. The number of guanidine groups is 1. The van der Waals surface area contributed by atoms with Gasteiger partial charge in [0.25, 0.3) is 0 Å². The third-order valence-electron chi connectivity index (χ3n) is 5.68. The lowest BCUT2D eigenvalue weighted by Crippen LogP contribution is -2.55. The molecule has 0 bridgehead atoms. The second kappa shape index (κ2) is 12.5. The Morgan fingerprint density at radius 2 is 2.07 bits per heavy atom. The first-order valence-corrected chi connectivity index (χ1v) is 10.6. The number of methoxy groups -OCH3 is 1. The highest BCUT2D eigenvalue weighted by atomic mass is 127. The Hall–Kier alpha value is -1.40. The fraction of sp³-hybridized carbons (Fsp3) is 0.750. The van der Waals surface area contributed by atoms with E-state index in [0.29, 0.717) is 19.0 Å². The van der Waals surface area contributed by atoms with Gasteiger partial charge < -0.3 is 24.8 Å². The van der Waals surface area contributed by atoms with E-state index in [1.807, 2.05) is 18.1 Å². The van der Waals surface area contributed by atoms with Crippen LogP contribution >= 0.6 is 24.0 Å². The van der Waals surface area contributed by atoms with E-state index in [9.17, 15) is 4.79 Å². The summed E-state index contributed by atoms with van der Waals surface area (Å²) >= 11 is 0. The van der Waals surface area contributed by atoms with Gasteiger partial charge in [0.2, 0.25) is 5.91 Å². The van der Waals surface area contributed by atoms with Crippen molar-refractivity contribution in [2.24, 2.45) is 18.0 Å². The third-order valence-corrected chi connectivity index (χ3v) is 5.68. The van der Waals surface area contributed by atoms with Gasteiger partial charge in [-0.2, -0.15) is 5.10 Å². The van der Waals surface area contributed by atoms with Crippen LogP contribution < -0.4 is 10.2 Å². The number of carbonyl (C=O) groups excluding carboxylic acids is 1. The fourth-order valence-electron chi connectivity index (χ4n) is 3.93. The van der Waals surface area contributed by atoms with E-state index < -0.39 is 0 Å². The van der Waals surface area contributed by atoms with Crippen molar-refractivity contribution in [3.63, 3.8) is 0 Å². The molecule has 9 nitrogen and oxygen atoms in total. The van der Waals surface area contributed by atoms with Crippen molar-refractivity contribution in [3.8, 4) is 0 Å². The number of hydrogen-bond donors (Lipinski definition) is 1. The second-order valence-electron chi connectivity index (χ2n) is 7.81. The van der Waals surface area contributed by atoms with Crippen molar-refractivity contribution in [2.45, 2.75) is 19.8 Å². The molecule has 0 unspecified atom stereocenters. The molecule has 2 aliphatic rings. The molecular formula is C20H36IN7O2. The van der Waals surface area contributed by atoms with Gasteiger partial charge in [-0.25, -0.2) is 0 Å². The molecule has 2 fully saturated rings. The minimum Gasteiger partial charge on any atom is -0.383 e. The quantitative estimate of drug-likeness (QED) is 0.321. The Morgan fingerprint density at radius 1 is 1.30 bits per heavy atom. The van der Waals surface area contributed by atoms with Gasteiger partial charge in [0.15, 0.2) is 5.96 Å². The van der Waals surface area contributed by atoms with Gasteiger partial charge in [0.05, 0.1) is 18.5 Å². The molecule has 2 aliphatic heterocycles. The molecule has 10 heteroatoms. The lowest BCUT2D eigenvalue weighted by molar-refractivity contribution is -0.120. The molecule has 2 saturated heterocycles. The summed E-state index contributed by atoms with van der Waals surface area (Å²) in [6, 6.07) is 0. The van der Waals surface area contributed by atoms with E-state index in [1.54, 1.807) is 18.0 Å². The summed E-state index contributed by atoms with van der Waals surface area (Å²) in [7, 11) is 3.62. The number of aromatic nitrogens is 2. The van der Waals surface area contributed by atoms with Crippen molar-refractivity contribution in [1.82, 2.24) is 24.9 Å². The van der Waals surface area contributed by atoms with Crippen LogP contribution in [0.2, 0.25) is 0 Å². The predicted molar refractivity (Wildman–Crippen MR) is 130 cm³/mol.